The molecule has 1 aromatic heterocycles. The van der Waals surface area contributed by atoms with Gasteiger partial charge in [0, 0.05) is 11.1 Å². The van der Waals surface area contributed by atoms with Gasteiger partial charge in [-0.3, -0.25) is 9.36 Å². The molecule has 186 valence electrons. The van der Waals surface area contributed by atoms with E-state index in [0.29, 0.717) is 20.8 Å². The predicted molar refractivity (Wildman–Crippen MR) is 145 cm³/mol. The van der Waals surface area contributed by atoms with Crippen LogP contribution in [-0.4, -0.2) is 25.9 Å². The molecule has 7 heteroatoms. The average molecular weight is 511 g/mol. The minimum atomic E-state index is -0.260. The smallest absolute Gasteiger partial charge is 0.271 e. The van der Waals surface area contributed by atoms with Crippen LogP contribution in [0.5, 0.6) is 17.2 Å². The van der Waals surface area contributed by atoms with Crippen LogP contribution in [0.4, 0.5) is 0 Å². The number of benzene rings is 3. The Hall–Kier alpha value is -4.10. The van der Waals surface area contributed by atoms with Crippen LogP contribution < -0.4 is 29.1 Å². The predicted octanol–water partition coefficient (Wildman–Crippen LogP) is 4.34. The molecule has 1 aliphatic carbocycles. The zero-order valence-electron chi connectivity index (χ0n) is 20.9. The van der Waals surface area contributed by atoms with Crippen LogP contribution in [-0.2, 0) is 6.42 Å². The number of methoxy groups -OCH3 is 3. The van der Waals surface area contributed by atoms with Gasteiger partial charge in [0.05, 0.1) is 37.6 Å². The van der Waals surface area contributed by atoms with Crippen molar-refractivity contribution in [1.82, 2.24) is 4.57 Å². The normalized spacial score (nSPS) is 16.4. The van der Waals surface area contributed by atoms with E-state index in [9.17, 15) is 4.79 Å². The summed E-state index contributed by atoms with van der Waals surface area (Å²) in [6.45, 7) is 0. The molecule has 0 saturated carbocycles. The van der Waals surface area contributed by atoms with Crippen molar-refractivity contribution in [3.63, 3.8) is 0 Å². The third kappa shape index (κ3) is 3.96. The molecule has 0 N–H and O–H groups in total. The van der Waals surface area contributed by atoms with E-state index in [4.69, 9.17) is 19.2 Å². The van der Waals surface area contributed by atoms with Crippen molar-refractivity contribution >= 4 is 23.1 Å². The fourth-order valence-corrected chi connectivity index (χ4v) is 6.22. The molecule has 1 aliphatic heterocycles. The van der Waals surface area contributed by atoms with E-state index < -0.39 is 0 Å². The maximum absolute atomic E-state index is 14.0. The Labute approximate surface area is 218 Å². The van der Waals surface area contributed by atoms with E-state index in [2.05, 4.69) is 30.3 Å². The van der Waals surface area contributed by atoms with Gasteiger partial charge in [0.25, 0.3) is 5.56 Å². The minimum Gasteiger partial charge on any atom is -0.497 e. The number of hydrogen-bond donors (Lipinski definition) is 0. The van der Waals surface area contributed by atoms with Gasteiger partial charge in [-0.15, -0.1) is 0 Å². The molecule has 0 radical (unpaired) electrons. The number of rotatable bonds is 5. The maximum atomic E-state index is 14.0. The first-order chi connectivity index (χ1) is 18.1. The quantitative estimate of drug-likeness (QED) is 0.401. The van der Waals surface area contributed by atoms with Gasteiger partial charge in [0.1, 0.15) is 17.2 Å². The lowest BCUT2D eigenvalue weighted by Gasteiger charge is -2.31. The molecule has 3 aromatic carbocycles. The highest BCUT2D eigenvalue weighted by Crippen LogP contribution is 2.41. The summed E-state index contributed by atoms with van der Waals surface area (Å²) < 4.78 is 18.9. The minimum absolute atomic E-state index is 0.0770. The SMILES string of the molecule is COc1cccc([C@@H]2C3=C(N=c4s/c(=C/c5cc(OC)ccc5OC)c(=O)n42)c2ccccc2CC3)c1. The molecule has 2 aliphatic rings. The lowest BCUT2D eigenvalue weighted by molar-refractivity contribution is 0.402. The van der Waals surface area contributed by atoms with Crippen molar-refractivity contribution in [1.29, 1.82) is 0 Å². The van der Waals surface area contributed by atoms with Crippen LogP contribution in [0, 0.1) is 0 Å². The molecule has 0 saturated heterocycles. The summed E-state index contributed by atoms with van der Waals surface area (Å²) in [5.41, 5.74) is 6.27. The first-order valence-electron chi connectivity index (χ1n) is 12.1. The number of nitrogens with zero attached hydrogens (tertiary/aromatic N) is 2. The maximum Gasteiger partial charge on any atom is 0.271 e. The van der Waals surface area contributed by atoms with Crippen LogP contribution in [0.2, 0.25) is 0 Å². The average Bonchev–Trinajstić information content (AvgIpc) is 3.25. The van der Waals surface area contributed by atoms with E-state index in [-0.39, 0.29) is 11.6 Å². The third-order valence-corrected chi connectivity index (χ3v) is 7.99. The molecule has 6 nitrogen and oxygen atoms in total. The van der Waals surface area contributed by atoms with E-state index in [1.807, 2.05) is 47.0 Å². The van der Waals surface area contributed by atoms with Gasteiger partial charge >= 0.3 is 0 Å². The summed E-state index contributed by atoms with van der Waals surface area (Å²) in [7, 11) is 4.90. The van der Waals surface area contributed by atoms with Crippen molar-refractivity contribution in [3.05, 3.63) is 114 Å². The number of allylic oxidation sites excluding steroid dienone is 1. The summed E-state index contributed by atoms with van der Waals surface area (Å²) >= 11 is 1.39. The van der Waals surface area contributed by atoms with E-state index >= 15 is 0 Å². The highest BCUT2D eigenvalue weighted by molar-refractivity contribution is 7.07. The fourth-order valence-electron chi connectivity index (χ4n) is 5.23. The number of hydrogen-bond acceptors (Lipinski definition) is 6. The molecule has 0 amide bonds. The molecule has 1 atom stereocenters. The number of ether oxygens (including phenoxy) is 3. The molecule has 2 heterocycles. The Morgan fingerprint density at radius 2 is 1.73 bits per heavy atom. The molecule has 6 rings (SSSR count). The first kappa shape index (κ1) is 23.3. The zero-order chi connectivity index (χ0) is 25.5. The van der Waals surface area contributed by atoms with Gasteiger partial charge < -0.3 is 14.2 Å². The summed E-state index contributed by atoms with van der Waals surface area (Å²) in [6, 6.07) is 21.7. The topological polar surface area (TPSA) is 62.0 Å². The highest BCUT2D eigenvalue weighted by Gasteiger charge is 2.32. The van der Waals surface area contributed by atoms with Gasteiger partial charge in [-0.05, 0) is 65.9 Å². The highest BCUT2D eigenvalue weighted by atomic mass is 32.1. The lowest BCUT2D eigenvalue weighted by Crippen LogP contribution is -2.38. The molecular formula is C30H26N2O4S. The van der Waals surface area contributed by atoms with Gasteiger partial charge in [0.2, 0.25) is 0 Å². The number of aromatic nitrogens is 1. The van der Waals surface area contributed by atoms with Crippen LogP contribution in [0.25, 0.3) is 11.8 Å². The van der Waals surface area contributed by atoms with Crippen molar-refractivity contribution < 1.29 is 14.2 Å². The third-order valence-electron chi connectivity index (χ3n) is 7.01. The Kier molecular flexibility index (Phi) is 5.93. The van der Waals surface area contributed by atoms with Crippen molar-refractivity contribution in [2.45, 2.75) is 18.9 Å². The molecule has 0 bridgehead atoms. The number of fused-ring (bicyclic) bond motifs is 3. The van der Waals surface area contributed by atoms with E-state index in [1.54, 1.807) is 21.3 Å². The Morgan fingerprint density at radius 1 is 0.919 bits per heavy atom. The van der Waals surface area contributed by atoms with Gasteiger partial charge in [-0.25, -0.2) is 4.99 Å². The molecular weight excluding hydrogens is 484 g/mol. The Morgan fingerprint density at radius 3 is 2.54 bits per heavy atom. The van der Waals surface area contributed by atoms with Crippen LogP contribution in [0.1, 0.15) is 34.7 Å². The number of aryl methyl sites for hydroxylation is 1. The summed E-state index contributed by atoms with van der Waals surface area (Å²) in [5, 5.41) is 0. The second-order valence-electron chi connectivity index (χ2n) is 9.00. The second kappa shape index (κ2) is 9.41. The van der Waals surface area contributed by atoms with Crippen LogP contribution in [0.15, 0.2) is 82.1 Å². The molecule has 0 spiro atoms. The lowest BCUT2D eigenvalue weighted by atomic mass is 9.83. The van der Waals surface area contributed by atoms with Crippen molar-refractivity contribution in [3.8, 4) is 17.2 Å². The zero-order valence-corrected chi connectivity index (χ0v) is 21.7. The van der Waals surface area contributed by atoms with Gasteiger partial charge in [0.15, 0.2) is 4.80 Å². The van der Waals surface area contributed by atoms with E-state index in [0.717, 1.165) is 46.6 Å². The first-order valence-corrected chi connectivity index (χ1v) is 12.9. The molecule has 0 fully saturated rings. The number of thiazole rings is 1. The largest absolute Gasteiger partial charge is 0.497 e. The van der Waals surface area contributed by atoms with Crippen LogP contribution >= 0.6 is 11.3 Å². The Bertz CT molecular complexity index is 1730. The van der Waals surface area contributed by atoms with Crippen LogP contribution in [0.3, 0.4) is 0 Å². The summed E-state index contributed by atoms with van der Waals surface area (Å²) in [5.74, 6) is 2.13. The monoisotopic (exact) mass is 510 g/mol. The Balaban J connectivity index is 1.62. The van der Waals surface area contributed by atoms with Gasteiger partial charge in [-0.2, -0.15) is 0 Å². The standard InChI is InChI=1S/C30H26N2O4S/c1-34-21-9-6-8-19(15-21)28-24-13-11-18-7-4-5-10-23(18)27(24)31-30-32(28)29(33)26(37-30)17-20-16-22(35-2)12-14-25(20)36-3/h4-10,12,14-17,28H,11,13H2,1-3H3/b26-17+/t28-/m1/s1. The van der Waals surface area contributed by atoms with Crippen molar-refractivity contribution in [2.24, 2.45) is 4.99 Å². The van der Waals surface area contributed by atoms with Crippen molar-refractivity contribution in [2.75, 3.05) is 21.3 Å². The summed E-state index contributed by atoms with van der Waals surface area (Å²) in [4.78, 5) is 19.7. The second-order valence-corrected chi connectivity index (χ2v) is 10.0. The van der Waals surface area contributed by atoms with Gasteiger partial charge in [-0.1, -0.05) is 47.7 Å². The summed E-state index contributed by atoms with van der Waals surface area (Å²) in [6.07, 6.45) is 3.62. The fraction of sp³-hybridized carbons (Fsp3) is 0.200. The molecule has 37 heavy (non-hydrogen) atoms. The van der Waals surface area contributed by atoms with E-state index in [1.165, 1.54) is 16.9 Å². The molecule has 4 aromatic rings. The molecule has 0 unspecified atom stereocenters.